The zero-order chi connectivity index (χ0) is 15.4. The van der Waals surface area contributed by atoms with Crippen LogP contribution in [0.2, 0.25) is 0 Å². The van der Waals surface area contributed by atoms with Crippen molar-refractivity contribution in [1.29, 1.82) is 0 Å². The Hall–Kier alpha value is -1.75. The Labute approximate surface area is 132 Å². The Balaban J connectivity index is 1.60. The summed E-state index contributed by atoms with van der Waals surface area (Å²) in [4.78, 5) is 7.06. The fourth-order valence-electron chi connectivity index (χ4n) is 3.44. The number of guanidine groups is 1. The van der Waals surface area contributed by atoms with Crippen molar-refractivity contribution in [3.8, 4) is 5.75 Å². The van der Waals surface area contributed by atoms with E-state index in [-0.39, 0.29) is 6.04 Å². The molecule has 1 aromatic carbocycles. The zero-order valence-corrected chi connectivity index (χ0v) is 13.3. The number of nitrogens with zero attached hydrogens (tertiary/aromatic N) is 2. The van der Waals surface area contributed by atoms with E-state index in [0.29, 0.717) is 18.6 Å². The number of benzene rings is 1. The summed E-state index contributed by atoms with van der Waals surface area (Å²) in [6.07, 6.45) is 3.41. The Morgan fingerprint density at radius 1 is 1.41 bits per heavy atom. The maximum Gasteiger partial charge on any atom is 0.189 e. The molecule has 120 valence electrons. The standard InChI is InChI=1S/C17H26N4O/c1-2-21-10-5-6-13(21)12-19-17(18)20-15-9-11-22-16-8-4-3-7-14(15)16/h3-4,7-8,13,15H,2,5-6,9-12H2,1H3,(H3,18,19,20). The summed E-state index contributed by atoms with van der Waals surface area (Å²) in [5.41, 5.74) is 7.28. The summed E-state index contributed by atoms with van der Waals surface area (Å²) >= 11 is 0. The Morgan fingerprint density at radius 2 is 2.27 bits per heavy atom. The maximum atomic E-state index is 6.11. The number of fused-ring (bicyclic) bond motifs is 1. The van der Waals surface area contributed by atoms with Crippen LogP contribution in [0.5, 0.6) is 5.75 Å². The van der Waals surface area contributed by atoms with Gasteiger partial charge in [0.05, 0.1) is 19.2 Å². The molecule has 0 aromatic heterocycles. The molecule has 2 heterocycles. The molecule has 3 N–H and O–H groups in total. The summed E-state index contributed by atoms with van der Waals surface area (Å²) in [6, 6.07) is 8.88. The molecule has 22 heavy (non-hydrogen) atoms. The number of likely N-dealkylation sites (tertiary alicyclic amines) is 1. The highest BCUT2D eigenvalue weighted by atomic mass is 16.5. The second-order valence-corrected chi connectivity index (χ2v) is 6.02. The Morgan fingerprint density at radius 3 is 3.14 bits per heavy atom. The zero-order valence-electron chi connectivity index (χ0n) is 13.3. The summed E-state index contributed by atoms with van der Waals surface area (Å²) < 4.78 is 5.68. The van der Waals surface area contributed by atoms with E-state index >= 15 is 0 Å². The van der Waals surface area contributed by atoms with E-state index in [4.69, 9.17) is 10.5 Å². The highest BCUT2D eigenvalue weighted by Gasteiger charge is 2.23. The third-order valence-corrected chi connectivity index (χ3v) is 4.66. The third kappa shape index (κ3) is 3.35. The number of aliphatic imine (C=N–C) groups is 1. The van der Waals surface area contributed by atoms with Gasteiger partial charge in [0.2, 0.25) is 0 Å². The minimum atomic E-state index is 0.194. The first-order valence-corrected chi connectivity index (χ1v) is 8.30. The summed E-state index contributed by atoms with van der Waals surface area (Å²) in [5, 5.41) is 3.36. The Kier molecular flexibility index (Phi) is 4.83. The maximum absolute atomic E-state index is 6.11. The normalized spacial score (nSPS) is 25.6. The molecule has 0 saturated carbocycles. The topological polar surface area (TPSA) is 62.9 Å². The summed E-state index contributed by atoms with van der Waals surface area (Å²) in [7, 11) is 0. The van der Waals surface area contributed by atoms with Gasteiger partial charge in [-0.3, -0.25) is 9.89 Å². The first-order chi connectivity index (χ1) is 10.8. The Bertz CT molecular complexity index is 531. The minimum absolute atomic E-state index is 0.194. The van der Waals surface area contributed by atoms with Gasteiger partial charge in [-0.05, 0) is 32.0 Å². The van der Waals surface area contributed by atoms with Crippen LogP contribution in [0.1, 0.15) is 37.8 Å². The van der Waals surface area contributed by atoms with Crippen LogP contribution in [0.25, 0.3) is 0 Å². The number of nitrogens with two attached hydrogens (primary N) is 1. The lowest BCUT2D eigenvalue weighted by molar-refractivity contribution is 0.261. The van der Waals surface area contributed by atoms with Crippen LogP contribution in [0.15, 0.2) is 29.3 Å². The molecule has 5 heteroatoms. The van der Waals surface area contributed by atoms with Crippen LogP contribution in [-0.2, 0) is 0 Å². The smallest absolute Gasteiger partial charge is 0.189 e. The van der Waals surface area contributed by atoms with E-state index in [1.54, 1.807) is 0 Å². The van der Waals surface area contributed by atoms with Crippen LogP contribution in [0.4, 0.5) is 0 Å². The molecule has 0 bridgehead atoms. The molecule has 0 amide bonds. The largest absolute Gasteiger partial charge is 0.493 e. The number of rotatable bonds is 4. The number of para-hydroxylation sites is 1. The van der Waals surface area contributed by atoms with Gasteiger partial charge in [-0.2, -0.15) is 0 Å². The first kappa shape index (κ1) is 15.2. The average molecular weight is 302 g/mol. The van der Waals surface area contributed by atoms with Crippen molar-refractivity contribution in [2.24, 2.45) is 10.7 Å². The van der Waals surface area contributed by atoms with Gasteiger partial charge in [0.15, 0.2) is 5.96 Å². The van der Waals surface area contributed by atoms with Crippen LogP contribution in [0, 0.1) is 0 Å². The molecule has 1 aromatic rings. The number of hydrogen-bond donors (Lipinski definition) is 2. The molecule has 3 rings (SSSR count). The molecule has 0 aliphatic carbocycles. The monoisotopic (exact) mass is 302 g/mol. The molecule has 0 radical (unpaired) electrons. The van der Waals surface area contributed by atoms with Crippen LogP contribution < -0.4 is 15.8 Å². The lowest BCUT2D eigenvalue weighted by Gasteiger charge is -2.27. The molecule has 5 nitrogen and oxygen atoms in total. The molecule has 1 saturated heterocycles. The van der Waals surface area contributed by atoms with Crippen molar-refractivity contribution in [3.05, 3.63) is 29.8 Å². The highest BCUT2D eigenvalue weighted by molar-refractivity contribution is 5.78. The van der Waals surface area contributed by atoms with Gasteiger partial charge >= 0.3 is 0 Å². The molecule has 1 fully saturated rings. The van der Waals surface area contributed by atoms with Gasteiger partial charge in [0.1, 0.15) is 5.75 Å². The molecular weight excluding hydrogens is 276 g/mol. The minimum Gasteiger partial charge on any atom is -0.493 e. The van der Waals surface area contributed by atoms with Crippen LogP contribution in [-0.4, -0.2) is 43.1 Å². The molecule has 2 unspecified atom stereocenters. The fourth-order valence-corrected chi connectivity index (χ4v) is 3.44. The van der Waals surface area contributed by atoms with Crippen molar-refractivity contribution in [1.82, 2.24) is 10.2 Å². The van der Waals surface area contributed by atoms with Gasteiger partial charge in [0, 0.05) is 18.0 Å². The highest BCUT2D eigenvalue weighted by Crippen LogP contribution is 2.31. The second-order valence-electron chi connectivity index (χ2n) is 6.02. The number of likely N-dealkylation sites (N-methyl/N-ethyl adjacent to an activating group) is 1. The van der Waals surface area contributed by atoms with Crippen molar-refractivity contribution < 1.29 is 4.74 Å². The molecule has 2 atom stereocenters. The van der Waals surface area contributed by atoms with Crippen molar-refractivity contribution in [3.63, 3.8) is 0 Å². The third-order valence-electron chi connectivity index (χ3n) is 4.66. The predicted molar refractivity (Wildman–Crippen MR) is 89.2 cm³/mol. The quantitative estimate of drug-likeness (QED) is 0.659. The van der Waals surface area contributed by atoms with Gasteiger partial charge in [-0.25, -0.2) is 0 Å². The lowest BCUT2D eigenvalue weighted by Crippen LogP contribution is -2.39. The molecule has 2 aliphatic rings. The fraction of sp³-hybridized carbons (Fsp3) is 0.588. The van der Waals surface area contributed by atoms with Crippen molar-refractivity contribution in [2.75, 3.05) is 26.2 Å². The number of hydrogen-bond acceptors (Lipinski definition) is 3. The van der Waals surface area contributed by atoms with Crippen LogP contribution in [0.3, 0.4) is 0 Å². The number of ether oxygens (including phenoxy) is 1. The second kappa shape index (κ2) is 7.01. The van der Waals surface area contributed by atoms with E-state index < -0.39 is 0 Å². The van der Waals surface area contributed by atoms with Crippen LogP contribution >= 0.6 is 0 Å². The van der Waals surface area contributed by atoms with Crippen molar-refractivity contribution in [2.45, 2.75) is 38.3 Å². The van der Waals surface area contributed by atoms with E-state index in [9.17, 15) is 0 Å². The summed E-state index contributed by atoms with van der Waals surface area (Å²) in [6.45, 7) is 6.01. The average Bonchev–Trinajstić information content (AvgIpc) is 3.01. The molecule has 2 aliphatic heterocycles. The van der Waals surface area contributed by atoms with Crippen molar-refractivity contribution >= 4 is 5.96 Å². The first-order valence-electron chi connectivity index (χ1n) is 8.30. The van der Waals surface area contributed by atoms with E-state index in [1.807, 2.05) is 18.2 Å². The van der Waals surface area contributed by atoms with E-state index in [2.05, 4.69) is 28.2 Å². The molecular formula is C17H26N4O. The van der Waals surface area contributed by atoms with E-state index in [0.717, 1.165) is 25.3 Å². The SMILES string of the molecule is CCN1CCCC1CN=C(N)NC1CCOc2ccccc21. The van der Waals surface area contributed by atoms with E-state index in [1.165, 1.54) is 24.9 Å². The van der Waals surface area contributed by atoms with Gasteiger partial charge < -0.3 is 15.8 Å². The molecule has 0 spiro atoms. The van der Waals surface area contributed by atoms with Gasteiger partial charge in [-0.1, -0.05) is 25.1 Å². The van der Waals surface area contributed by atoms with Gasteiger partial charge in [0.25, 0.3) is 0 Å². The summed E-state index contributed by atoms with van der Waals surface area (Å²) in [5.74, 6) is 1.50. The van der Waals surface area contributed by atoms with Gasteiger partial charge in [-0.15, -0.1) is 0 Å². The predicted octanol–water partition coefficient (Wildman–Crippen LogP) is 1.90. The lowest BCUT2D eigenvalue weighted by atomic mass is 10.0. The number of nitrogens with one attached hydrogen (secondary N) is 1.